The Morgan fingerprint density at radius 2 is 1.94 bits per heavy atom. The number of alkyl halides is 4. The fourth-order valence-corrected chi connectivity index (χ4v) is 1.88. The quantitative estimate of drug-likeness (QED) is 0.438. The molecule has 0 saturated carbocycles. The first-order chi connectivity index (χ1) is 7.42. The first kappa shape index (κ1) is 13.6. The Morgan fingerprint density at radius 1 is 1.25 bits per heavy atom. The average molecular weight is 273 g/mol. The van der Waals surface area contributed by atoms with Crippen molar-refractivity contribution in [2.24, 2.45) is 0 Å². The predicted octanol–water partition coefficient (Wildman–Crippen LogP) is 4.61. The molecule has 0 unspecified atom stereocenters. The summed E-state index contributed by atoms with van der Waals surface area (Å²) in [4.78, 5) is -0.139. The predicted molar refractivity (Wildman–Crippen MR) is 57.4 cm³/mol. The maximum atomic E-state index is 13.3. The topological polar surface area (TPSA) is 0 Å². The smallest absolute Gasteiger partial charge is 0.207 e. The molecule has 0 radical (unpaired) electrons. The molecule has 16 heavy (non-hydrogen) atoms. The van der Waals surface area contributed by atoms with Crippen molar-refractivity contribution in [1.29, 1.82) is 0 Å². The average Bonchev–Trinajstić information content (AvgIpc) is 2.14. The lowest BCUT2D eigenvalue weighted by Crippen LogP contribution is -2.00. The van der Waals surface area contributed by atoms with Crippen molar-refractivity contribution in [1.82, 2.24) is 0 Å². The lowest BCUT2D eigenvalue weighted by atomic mass is 10.1. The highest BCUT2D eigenvalue weighted by Gasteiger charge is 2.29. The van der Waals surface area contributed by atoms with Gasteiger partial charge in [0.2, 0.25) is 0 Å². The molecule has 0 N–H and O–H groups in total. The van der Waals surface area contributed by atoms with Gasteiger partial charge >= 0.3 is 5.51 Å². The molecule has 0 fully saturated rings. The molecule has 0 amide bonds. The summed E-state index contributed by atoms with van der Waals surface area (Å²) in [5.74, 6) is -0.210. The molecule has 0 saturated heterocycles. The van der Waals surface area contributed by atoms with Gasteiger partial charge in [0.25, 0.3) is 0 Å². The van der Waals surface area contributed by atoms with E-state index >= 15 is 0 Å². The fraction of sp³-hybridized carbons (Fsp3) is 0.400. The van der Waals surface area contributed by atoms with Crippen LogP contribution < -0.4 is 0 Å². The first-order valence-electron chi connectivity index (χ1n) is 4.52. The molecule has 0 aliphatic carbocycles. The van der Waals surface area contributed by atoms with Gasteiger partial charge in [0.15, 0.2) is 0 Å². The van der Waals surface area contributed by atoms with Crippen LogP contribution in [-0.2, 0) is 6.42 Å². The molecule has 0 aliphatic rings. The standard InChI is InChI=1S/C10H9ClF4S/c11-5-1-2-7-3-4-8(6-9(7)12)16-10(13,14)15/h3-4,6H,1-2,5H2. The third-order valence-electron chi connectivity index (χ3n) is 1.84. The number of hydrogen-bond donors (Lipinski definition) is 0. The highest BCUT2D eigenvalue weighted by Crippen LogP contribution is 2.37. The number of aryl methyl sites for hydroxylation is 1. The van der Waals surface area contributed by atoms with Gasteiger partial charge in [-0.1, -0.05) is 6.07 Å². The molecule has 1 aromatic carbocycles. The Morgan fingerprint density at radius 3 is 2.44 bits per heavy atom. The third kappa shape index (κ3) is 4.61. The normalized spacial score (nSPS) is 11.8. The summed E-state index contributed by atoms with van der Waals surface area (Å²) in [5, 5.41) is 0. The first-order valence-corrected chi connectivity index (χ1v) is 5.87. The van der Waals surface area contributed by atoms with Gasteiger partial charge < -0.3 is 0 Å². The van der Waals surface area contributed by atoms with E-state index in [0.29, 0.717) is 24.3 Å². The molecule has 1 aromatic rings. The van der Waals surface area contributed by atoms with Crippen molar-refractivity contribution < 1.29 is 17.6 Å². The van der Waals surface area contributed by atoms with Gasteiger partial charge in [-0.2, -0.15) is 13.2 Å². The van der Waals surface area contributed by atoms with Gasteiger partial charge in [0.1, 0.15) is 5.82 Å². The van der Waals surface area contributed by atoms with Crippen molar-refractivity contribution in [3.05, 3.63) is 29.6 Å². The second-order valence-corrected chi connectivity index (χ2v) is 4.61. The van der Waals surface area contributed by atoms with Crippen LogP contribution in [0.3, 0.4) is 0 Å². The number of benzene rings is 1. The van der Waals surface area contributed by atoms with Crippen LogP contribution in [0, 0.1) is 5.82 Å². The summed E-state index contributed by atoms with van der Waals surface area (Å²) in [6.07, 6.45) is 1.04. The van der Waals surface area contributed by atoms with E-state index in [2.05, 4.69) is 0 Å². The summed E-state index contributed by atoms with van der Waals surface area (Å²) in [7, 11) is 0. The van der Waals surface area contributed by atoms with E-state index in [-0.39, 0.29) is 16.7 Å². The minimum Gasteiger partial charge on any atom is -0.207 e. The molecule has 90 valence electrons. The third-order valence-corrected chi connectivity index (χ3v) is 2.83. The molecule has 0 nitrogen and oxygen atoms in total. The van der Waals surface area contributed by atoms with Gasteiger partial charge in [-0.15, -0.1) is 11.6 Å². The largest absolute Gasteiger partial charge is 0.446 e. The Kier molecular flexibility index (Phi) is 4.92. The van der Waals surface area contributed by atoms with Crippen LogP contribution >= 0.6 is 23.4 Å². The van der Waals surface area contributed by atoms with E-state index in [1.54, 1.807) is 0 Å². The minimum atomic E-state index is -4.38. The molecular formula is C10H9ClF4S. The van der Waals surface area contributed by atoms with Crippen molar-refractivity contribution in [3.63, 3.8) is 0 Å². The molecule has 1 rings (SSSR count). The van der Waals surface area contributed by atoms with E-state index in [4.69, 9.17) is 11.6 Å². The van der Waals surface area contributed by atoms with E-state index in [1.165, 1.54) is 12.1 Å². The van der Waals surface area contributed by atoms with Crippen LogP contribution in [0.1, 0.15) is 12.0 Å². The highest BCUT2D eigenvalue weighted by molar-refractivity contribution is 8.00. The molecule has 0 bridgehead atoms. The van der Waals surface area contributed by atoms with E-state index in [9.17, 15) is 17.6 Å². The van der Waals surface area contributed by atoms with Gasteiger partial charge in [-0.25, -0.2) is 4.39 Å². The summed E-state index contributed by atoms with van der Waals surface area (Å²) >= 11 is 5.13. The SMILES string of the molecule is Fc1cc(SC(F)(F)F)ccc1CCCCl. The number of halogens is 5. The summed E-state index contributed by atoms with van der Waals surface area (Å²) in [5.41, 5.74) is -3.99. The van der Waals surface area contributed by atoms with Gasteiger partial charge in [0.05, 0.1) is 0 Å². The van der Waals surface area contributed by atoms with Crippen LogP contribution in [0.15, 0.2) is 23.1 Å². The van der Waals surface area contributed by atoms with Crippen LogP contribution in [0.4, 0.5) is 17.6 Å². The number of thioether (sulfide) groups is 1. The Balaban J connectivity index is 2.74. The molecule has 0 heterocycles. The Bertz CT molecular complexity index is 351. The highest BCUT2D eigenvalue weighted by atomic mass is 35.5. The fourth-order valence-electron chi connectivity index (χ4n) is 1.19. The van der Waals surface area contributed by atoms with Crippen molar-refractivity contribution in [2.45, 2.75) is 23.2 Å². The van der Waals surface area contributed by atoms with Crippen molar-refractivity contribution >= 4 is 23.4 Å². The second kappa shape index (κ2) is 5.77. The van der Waals surface area contributed by atoms with Crippen molar-refractivity contribution in [3.8, 4) is 0 Å². The minimum absolute atomic E-state index is 0.139. The van der Waals surface area contributed by atoms with Crippen LogP contribution in [0.25, 0.3) is 0 Å². The van der Waals surface area contributed by atoms with Gasteiger partial charge in [-0.05, 0) is 42.3 Å². The van der Waals surface area contributed by atoms with Crippen LogP contribution in [-0.4, -0.2) is 11.4 Å². The van der Waals surface area contributed by atoms with E-state index in [0.717, 1.165) is 6.07 Å². The van der Waals surface area contributed by atoms with Gasteiger partial charge in [-0.3, -0.25) is 0 Å². The zero-order valence-electron chi connectivity index (χ0n) is 8.15. The van der Waals surface area contributed by atoms with Crippen LogP contribution in [0.2, 0.25) is 0 Å². The number of hydrogen-bond acceptors (Lipinski definition) is 1. The summed E-state index contributed by atoms with van der Waals surface area (Å²) in [6, 6.07) is 3.54. The zero-order valence-corrected chi connectivity index (χ0v) is 9.72. The molecule has 0 aromatic heterocycles. The maximum Gasteiger partial charge on any atom is 0.446 e. The molecule has 0 aliphatic heterocycles. The Hall–Kier alpha value is -0.420. The molecule has 0 atom stereocenters. The zero-order chi connectivity index (χ0) is 12.2. The van der Waals surface area contributed by atoms with E-state index in [1.807, 2.05) is 0 Å². The summed E-state index contributed by atoms with van der Waals surface area (Å²) < 4.78 is 49.3. The monoisotopic (exact) mass is 272 g/mol. The molecule has 6 heteroatoms. The van der Waals surface area contributed by atoms with Gasteiger partial charge in [0, 0.05) is 10.8 Å². The Labute approximate surface area is 100.0 Å². The maximum absolute atomic E-state index is 13.3. The second-order valence-electron chi connectivity index (χ2n) is 3.09. The lowest BCUT2D eigenvalue weighted by molar-refractivity contribution is -0.0328. The van der Waals surface area contributed by atoms with Crippen LogP contribution in [0.5, 0.6) is 0 Å². The van der Waals surface area contributed by atoms with E-state index < -0.39 is 11.3 Å². The van der Waals surface area contributed by atoms with Crippen molar-refractivity contribution in [2.75, 3.05) is 5.88 Å². The number of rotatable bonds is 4. The summed E-state index contributed by atoms with van der Waals surface area (Å²) in [6.45, 7) is 0. The lowest BCUT2D eigenvalue weighted by Gasteiger charge is -2.07. The molecule has 0 spiro atoms. The molecular weight excluding hydrogens is 264 g/mol.